The molecule has 19 heavy (non-hydrogen) atoms. The summed E-state index contributed by atoms with van der Waals surface area (Å²) in [5, 5.41) is 8.88. The van der Waals surface area contributed by atoms with Gasteiger partial charge in [0.2, 0.25) is 0 Å². The van der Waals surface area contributed by atoms with Crippen LogP contribution in [0.25, 0.3) is 11.1 Å². The Bertz CT molecular complexity index is 663. The van der Waals surface area contributed by atoms with E-state index in [-0.39, 0.29) is 11.1 Å². The van der Waals surface area contributed by atoms with Gasteiger partial charge in [-0.05, 0) is 48.7 Å². The van der Waals surface area contributed by atoms with Gasteiger partial charge in [0, 0.05) is 0 Å². The SMILES string of the molecule is Cc1cc(C(=O)O)ccc1-c1c(F)ccc(C)c1F. The number of carboxylic acids is 1. The molecule has 0 heterocycles. The molecule has 0 aliphatic heterocycles. The number of hydrogen-bond acceptors (Lipinski definition) is 1. The van der Waals surface area contributed by atoms with Gasteiger partial charge in [0.05, 0.1) is 11.1 Å². The van der Waals surface area contributed by atoms with Crippen molar-refractivity contribution < 1.29 is 18.7 Å². The second kappa shape index (κ2) is 4.80. The minimum Gasteiger partial charge on any atom is -0.478 e. The monoisotopic (exact) mass is 262 g/mol. The quantitative estimate of drug-likeness (QED) is 0.889. The molecule has 2 aromatic rings. The lowest BCUT2D eigenvalue weighted by molar-refractivity contribution is 0.0697. The van der Waals surface area contributed by atoms with Crippen molar-refractivity contribution in [3.05, 3.63) is 58.7 Å². The van der Waals surface area contributed by atoms with Crippen LogP contribution in [0.4, 0.5) is 8.78 Å². The second-order valence-corrected chi connectivity index (χ2v) is 4.39. The zero-order valence-electron chi connectivity index (χ0n) is 10.5. The van der Waals surface area contributed by atoms with E-state index in [1.807, 2.05) is 0 Å². The van der Waals surface area contributed by atoms with Crippen LogP contribution in [0.1, 0.15) is 21.5 Å². The first-order valence-electron chi connectivity index (χ1n) is 5.70. The number of carboxylic acid groups (broad SMARTS) is 1. The number of aryl methyl sites for hydroxylation is 2. The number of rotatable bonds is 2. The van der Waals surface area contributed by atoms with Crippen LogP contribution in [0.5, 0.6) is 0 Å². The minimum absolute atomic E-state index is 0.0923. The molecule has 0 amide bonds. The van der Waals surface area contributed by atoms with E-state index in [2.05, 4.69) is 0 Å². The van der Waals surface area contributed by atoms with Gasteiger partial charge in [-0.1, -0.05) is 12.1 Å². The molecule has 0 radical (unpaired) electrons. The molecule has 0 aliphatic rings. The normalized spacial score (nSPS) is 10.5. The van der Waals surface area contributed by atoms with Crippen molar-refractivity contribution in [1.82, 2.24) is 0 Å². The van der Waals surface area contributed by atoms with Crippen LogP contribution in [0.15, 0.2) is 30.3 Å². The van der Waals surface area contributed by atoms with E-state index >= 15 is 0 Å². The molecule has 98 valence electrons. The van der Waals surface area contributed by atoms with Crippen molar-refractivity contribution in [2.45, 2.75) is 13.8 Å². The maximum Gasteiger partial charge on any atom is 0.335 e. The molecule has 0 aliphatic carbocycles. The van der Waals surface area contributed by atoms with E-state index in [0.717, 1.165) is 0 Å². The first-order valence-corrected chi connectivity index (χ1v) is 5.70. The fourth-order valence-corrected chi connectivity index (χ4v) is 1.98. The van der Waals surface area contributed by atoms with Crippen LogP contribution in [0, 0.1) is 25.5 Å². The van der Waals surface area contributed by atoms with Crippen molar-refractivity contribution in [2.24, 2.45) is 0 Å². The first-order chi connectivity index (χ1) is 8.91. The predicted molar refractivity (Wildman–Crippen MR) is 68.2 cm³/mol. The Labute approximate surface area is 109 Å². The standard InChI is InChI=1S/C15H12F2O2/c1-8-3-6-12(16)13(14(8)17)11-5-4-10(15(18)19)7-9(11)2/h3-7H,1-2H3,(H,18,19). The van der Waals surface area contributed by atoms with Gasteiger partial charge in [-0.3, -0.25) is 0 Å². The summed E-state index contributed by atoms with van der Waals surface area (Å²) in [4.78, 5) is 10.8. The lowest BCUT2D eigenvalue weighted by Gasteiger charge is -2.11. The van der Waals surface area contributed by atoms with Gasteiger partial charge in [0.15, 0.2) is 0 Å². The van der Waals surface area contributed by atoms with Crippen LogP contribution >= 0.6 is 0 Å². The summed E-state index contributed by atoms with van der Waals surface area (Å²) < 4.78 is 27.8. The fraction of sp³-hybridized carbons (Fsp3) is 0.133. The predicted octanol–water partition coefficient (Wildman–Crippen LogP) is 3.95. The Morgan fingerprint density at radius 1 is 1.05 bits per heavy atom. The van der Waals surface area contributed by atoms with Crippen LogP contribution in [-0.2, 0) is 0 Å². The molecule has 0 unspecified atom stereocenters. The first kappa shape index (κ1) is 13.2. The van der Waals surface area contributed by atoms with Crippen LogP contribution in [0.2, 0.25) is 0 Å². The highest BCUT2D eigenvalue weighted by Crippen LogP contribution is 2.30. The number of hydrogen-bond donors (Lipinski definition) is 1. The molecule has 0 spiro atoms. The summed E-state index contributed by atoms with van der Waals surface area (Å²) in [6.07, 6.45) is 0. The lowest BCUT2D eigenvalue weighted by atomic mass is 9.96. The Balaban J connectivity index is 2.66. The van der Waals surface area contributed by atoms with Crippen molar-refractivity contribution in [3.8, 4) is 11.1 Å². The van der Waals surface area contributed by atoms with Crippen LogP contribution < -0.4 is 0 Å². The third-order valence-electron chi connectivity index (χ3n) is 3.03. The summed E-state index contributed by atoms with van der Waals surface area (Å²) in [7, 11) is 0. The molecular formula is C15H12F2O2. The van der Waals surface area contributed by atoms with E-state index in [4.69, 9.17) is 5.11 Å². The maximum atomic E-state index is 14.0. The average Bonchev–Trinajstić information content (AvgIpc) is 2.36. The van der Waals surface area contributed by atoms with E-state index in [1.54, 1.807) is 13.8 Å². The number of halogens is 2. The lowest BCUT2D eigenvalue weighted by Crippen LogP contribution is -1.99. The summed E-state index contributed by atoms with van der Waals surface area (Å²) >= 11 is 0. The molecule has 0 fully saturated rings. The maximum absolute atomic E-state index is 14.0. The summed E-state index contributed by atoms with van der Waals surface area (Å²) in [5.41, 5.74) is 1.20. The number of benzene rings is 2. The molecule has 2 rings (SSSR count). The van der Waals surface area contributed by atoms with Crippen molar-refractivity contribution in [2.75, 3.05) is 0 Å². The molecule has 2 nitrogen and oxygen atoms in total. The summed E-state index contributed by atoms with van der Waals surface area (Å²) in [5.74, 6) is -2.35. The van der Waals surface area contributed by atoms with Crippen LogP contribution in [-0.4, -0.2) is 11.1 Å². The highest BCUT2D eigenvalue weighted by atomic mass is 19.1. The third-order valence-corrected chi connectivity index (χ3v) is 3.03. The molecule has 1 N–H and O–H groups in total. The Kier molecular flexibility index (Phi) is 3.34. The molecule has 0 atom stereocenters. The van der Waals surface area contributed by atoms with Crippen molar-refractivity contribution in [1.29, 1.82) is 0 Å². The highest BCUT2D eigenvalue weighted by molar-refractivity contribution is 5.89. The number of aromatic carboxylic acids is 1. The van der Waals surface area contributed by atoms with Crippen molar-refractivity contribution in [3.63, 3.8) is 0 Å². The molecule has 0 saturated heterocycles. The Morgan fingerprint density at radius 2 is 1.74 bits per heavy atom. The number of carbonyl (C=O) groups is 1. The molecule has 0 bridgehead atoms. The van der Waals surface area contributed by atoms with Crippen LogP contribution in [0.3, 0.4) is 0 Å². The van der Waals surface area contributed by atoms with Gasteiger partial charge in [0.1, 0.15) is 11.6 Å². The minimum atomic E-state index is -1.07. The van der Waals surface area contributed by atoms with Gasteiger partial charge in [-0.15, -0.1) is 0 Å². The zero-order chi connectivity index (χ0) is 14.2. The van der Waals surface area contributed by atoms with Crippen molar-refractivity contribution >= 4 is 5.97 Å². The van der Waals surface area contributed by atoms with Gasteiger partial charge in [-0.25, -0.2) is 13.6 Å². The highest BCUT2D eigenvalue weighted by Gasteiger charge is 2.16. The molecule has 0 saturated carbocycles. The van der Waals surface area contributed by atoms with E-state index in [0.29, 0.717) is 16.7 Å². The topological polar surface area (TPSA) is 37.3 Å². The largest absolute Gasteiger partial charge is 0.478 e. The van der Waals surface area contributed by atoms with Gasteiger partial charge in [0.25, 0.3) is 0 Å². The Morgan fingerprint density at radius 3 is 2.32 bits per heavy atom. The van der Waals surface area contributed by atoms with Gasteiger partial charge < -0.3 is 5.11 Å². The van der Waals surface area contributed by atoms with E-state index in [9.17, 15) is 13.6 Å². The summed E-state index contributed by atoms with van der Waals surface area (Å²) in [6.45, 7) is 3.18. The van der Waals surface area contributed by atoms with Gasteiger partial charge >= 0.3 is 5.97 Å². The van der Waals surface area contributed by atoms with E-state index < -0.39 is 17.6 Å². The van der Waals surface area contributed by atoms with Gasteiger partial charge in [-0.2, -0.15) is 0 Å². The molecule has 4 heteroatoms. The zero-order valence-corrected chi connectivity index (χ0v) is 10.5. The molecule has 0 aromatic heterocycles. The molecule has 2 aromatic carbocycles. The molecular weight excluding hydrogens is 250 g/mol. The van der Waals surface area contributed by atoms with E-state index in [1.165, 1.54) is 30.3 Å². The average molecular weight is 262 g/mol. The second-order valence-electron chi connectivity index (χ2n) is 4.39. The summed E-state index contributed by atoms with van der Waals surface area (Å²) in [6, 6.07) is 6.75. The fourth-order valence-electron chi connectivity index (χ4n) is 1.98. The Hall–Kier alpha value is -2.23. The smallest absolute Gasteiger partial charge is 0.335 e. The third kappa shape index (κ3) is 2.34.